The van der Waals surface area contributed by atoms with Gasteiger partial charge in [0.1, 0.15) is 5.82 Å². The highest BCUT2D eigenvalue weighted by molar-refractivity contribution is 5.82. The Labute approximate surface area is 209 Å². The Balaban J connectivity index is 1.70. The van der Waals surface area contributed by atoms with E-state index in [4.69, 9.17) is 0 Å². The molecule has 0 unspecified atom stereocenters. The Hall–Kier alpha value is -3.43. The second-order valence-corrected chi connectivity index (χ2v) is 9.73. The van der Waals surface area contributed by atoms with Crippen molar-refractivity contribution in [2.45, 2.75) is 53.2 Å². The molecule has 2 aromatic heterocycles. The van der Waals surface area contributed by atoms with Crippen LogP contribution in [-0.2, 0) is 13.1 Å². The van der Waals surface area contributed by atoms with Gasteiger partial charge in [-0.15, -0.1) is 5.10 Å². The first-order valence-electron chi connectivity index (χ1n) is 12.3. The van der Waals surface area contributed by atoms with Crippen molar-refractivity contribution in [2.24, 2.45) is 5.92 Å². The molecule has 0 aliphatic rings. The molecule has 0 bridgehead atoms. The number of hydrogen-bond acceptors (Lipinski definition) is 6. The predicted octanol–water partition coefficient (Wildman–Crippen LogP) is 3.90. The maximum atomic E-state index is 13.4. The Morgan fingerprint density at radius 3 is 2.58 bits per heavy atom. The fourth-order valence-electron chi connectivity index (χ4n) is 4.84. The third kappa shape index (κ3) is 5.68. The largest absolute Gasteiger partial charge is 0.396 e. The Morgan fingerprint density at radius 1 is 1.14 bits per heavy atom. The molecule has 1 atom stereocenters. The first-order valence-corrected chi connectivity index (χ1v) is 12.3. The minimum atomic E-state index is -0.295. The van der Waals surface area contributed by atoms with Crippen LogP contribution in [-0.4, -0.2) is 48.3 Å². The van der Waals surface area contributed by atoms with Crippen LogP contribution in [0.3, 0.4) is 0 Å². The molecule has 2 N–H and O–H groups in total. The summed E-state index contributed by atoms with van der Waals surface area (Å²) in [5.41, 5.74) is 4.41. The van der Waals surface area contributed by atoms with Gasteiger partial charge >= 0.3 is 0 Å². The quantitative estimate of drug-likeness (QED) is 0.348. The number of hydrogen-bond donors (Lipinski definition) is 2. The van der Waals surface area contributed by atoms with Gasteiger partial charge in [0.25, 0.3) is 5.56 Å². The Bertz CT molecular complexity index is 1380. The highest BCUT2D eigenvalue weighted by Crippen LogP contribution is 2.29. The van der Waals surface area contributed by atoms with Crippen molar-refractivity contribution in [3.8, 4) is 0 Å². The van der Waals surface area contributed by atoms with Crippen LogP contribution >= 0.6 is 0 Å². The van der Waals surface area contributed by atoms with E-state index >= 15 is 0 Å². The number of rotatable bonds is 10. The van der Waals surface area contributed by atoms with Gasteiger partial charge < -0.3 is 10.1 Å². The van der Waals surface area contributed by atoms with Gasteiger partial charge in [-0.25, -0.2) is 9.07 Å². The summed E-state index contributed by atoms with van der Waals surface area (Å²) in [5.74, 6) is 0.485. The monoisotopic (exact) mass is 492 g/mol. The SMILES string of the molecule is Cc1cc(C)c2[nH]c(=O)c(CN(CCCO)[C@H](c3nnnn3Cc3ccc(F)cc3)C(C)C)cc2c1. The van der Waals surface area contributed by atoms with Crippen LogP contribution in [0.2, 0.25) is 0 Å². The molecule has 0 radical (unpaired) electrons. The molecule has 2 heterocycles. The zero-order chi connectivity index (χ0) is 25.8. The molecule has 2 aromatic carbocycles. The van der Waals surface area contributed by atoms with Crippen molar-refractivity contribution in [3.05, 3.63) is 86.7 Å². The molecule has 0 spiro atoms. The molecule has 0 saturated heterocycles. The molecule has 0 amide bonds. The van der Waals surface area contributed by atoms with E-state index in [1.807, 2.05) is 19.9 Å². The third-order valence-electron chi connectivity index (χ3n) is 6.44. The highest BCUT2D eigenvalue weighted by Gasteiger charge is 2.29. The number of halogens is 1. The molecule has 0 aliphatic carbocycles. The summed E-state index contributed by atoms with van der Waals surface area (Å²) in [5, 5.41) is 23.1. The van der Waals surface area contributed by atoms with E-state index in [1.54, 1.807) is 16.8 Å². The fourth-order valence-corrected chi connectivity index (χ4v) is 4.84. The van der Waals surface area contributed by atoms with Gasteiger partial charge in [-0.05, 0) is 77.4 Å². The zero-order valence-electron chi connectivity index (χ0n) is 21.2. The lowest BCUT2D eigenvalue weighted by atomic mass is 9.99. The molecule has 0 saturated carbocycles. The van der Waals surface area contributed by atoms with Crippen LogP contribution in [0, 0.1) is 25.6 Å². The van der Waals surface area contributed by atoms with Crippen molar-refractivity contribution >= 4 is 10.9 Å². The number of aryl methyl sites for hydroxylation is 2. The number of aromatic nitrogens is 5. The second kappa shape index (κ2) is 11.1. The van der Waals surface area contributed by atoms with Crippen LogP contribution in [0.15, 0.2) is 47.3 Å². The van der Waals surface area contributed by atoms with Crippen molar-refractivity contribution in [2.75, 3.05) is 13.2 Å². The number of nitrogens with one attached hydrogen (secondary N) is 1. The van der Waals surface area contributed by atoms with Gasteiger partial charge in [0.2, 0.25) is 0 Å². The number of H-pyrrole nitrogens is 1. The zero-order valence-corrected chi connectivity index (χ0v) is 21.2. The summed E-state index contributed by atoms with van der Waals surface area (Å²) >= 11 is 0. The average Bonchev–Trinajstić information content (AvgIpc) is 3.27. The molecular weight excluding hydrogens is 459 g/mol. The summed E-state index contributed by atoms with van der Waals surface area (Å²) < 4.78 is 15.1. The van der Waals surface area contributed by atoms with Gasteiger partial charge in [-0.2, -0.15) is 0 Å². The number of nitrogens with zero attached hydrogens (tertiary/aromatic N) is 5. The van der Waals surface area contributed by atoms with Crippen LogP contribution in [0.4, 0.5) is 4.39 Å². The first kappa shape index (κ1) is 25.7. The number of pyridine rings is 1. The van der Waals surface area contributed by atoms with Gasteiger partial charge in [0.05, 0.1) is 18.1 Å². The van der Waals surface area contributed by atoms with E-state index in [-0.39, 0.29) is 29.9 Å². The first-order chi connectivity index (χ1) is 17.3. The van der Waals surface area contributed by atoms with E-state index in [2.05, 4.69) is 51.4 Å². The van der Waals surface area contributed by atoms with Crippen molar-refractivity contribution in [1.29, 1.82) is 0 Å². The van der Waals surface area contributed by atoms with Gasteiger partial charge in [-0.1, -0.05) is 37.6 Å². The molecule has 9 heteroatoms. The van der Waals surface area contributed by atoms with Gasteiger partial charge in [0.15, 0.2) is 5.82 Å². The number of benzene rings is 2. The second-order valence-electron chi connectivity index (χ2n) is 9.73. The van der Waals surface area contributed by atoms with Crippen molar-refractivity contribution < 1.29 is 9.50 Å². The van der Waals surface area contributed by atoms with Crippen LogP contribution in [0.1, 0.15) is 54.4 Å². The number of aliphatic hydroxyl groups is 1. The average molecular weight is 493 g/mol. The normalized spacial score (nSPS) is 12.7. The lowest BCUT2D eigenvalue weighted by molar-refractivity contribution is 0.122. The molecule has 190 valence electrons. The lowest BCUT2D eigenvalue weighted by Gasteiger charge is -2.33. The summed E-state index contributed by atoms with van der Waals surface area (Å²) in [6.45, 7) is 9.59. The molecule has 0 aliphatic heterocycles. The van der Waals surface area contributed by atoms with Crippen molar-refractivity contribution in [1.82, 2.24) is 30.1 Å². The fraction of sp³-hybridized carbons (Fsp3) is 0.407. The predicted molar refractivity (Wildman–Crippen MR) is 137 cm³/mol. The molecule has 36 heavy (non-hydrogen) atoms. The van der Waals surface area contributed by atoms with Gasteiger partial charge in [0, 0.05) is 25.3 Å². The van der Waals surface area contributed by atoms with Crippen LogP contribution in [0.5, 0.6) is 0 Å². The summed E-state index contributed by atoms with van der Waals surface area (Å²) in [4.78, 5) is 18.3. The van der Waals surface area contributed by atoms with E-state index in [0.717, 1.165) is 27.6 Å². The summed E-state index contributed by atoms with van der Waals surface area (Å²) in [7, 11) is 0. The smallest absolute Gasteiger partial charge is 0.252 e. The number of tetrazole rings is 1. The molecule has 8 nitrogen and oxygen atoms in total. The molecule has 4 aromatic rings. The third-order valence-corrected chi connectivity index (χ3v) is 6.44. The number of fused-ring (bicyclic) bond motifs is 1. The van der Waals surface area contributed by atoms with Crippen LogP contribution < -0.4 is 5.56 Å². The van der Waals surface area contributed by atoms with E-state index in [9.17, 15) is 14.3 Å². The molecule has 0 fully saturated rings. The highest BCUT2D eigenvalue weighted by atomic mass is 19.1. The standard InChI is InChI=1S/C27H33FN6O2/c1-17(2)25(26-30-31-32-34(26)15-20-6-8-23(28)9-7-20)33(10-5-11-35)16-22-14-21-13-18(3)12-19(4)24(21)29-27(22)36/h6-9,12-14,17,25,35H,5,10-11,15-16H2,1-4H3,(H,29,36)/t25-/m0/s1. The topological polar surface area (TPSA) is 99.9 Å². The van der Waals surface area contributed by atoms with Crippen molar-refractivity contribution in [3.63, 3.8) is 0 Å². The molecule has 4 rings (SSSR count). The molecular formula is C27H33FN6O2. The summed E-state index contributed by atoms with van der Waals surface area (Å²) in [6, 6.07) is 12.1. The maximum absolute atomic E-state index is 13.4. The maximum Gasteiger partial charge on any atom is 0.252 e. The van der Waals surface area contributed by atoms with Crippen LogP contribution in [0.25, 0.3) is 10.9 Å². The minimum absolute atomic E-state index is 0.0360. The van der Waals surface area contributed by atoms with E-state index in [0.29, 0.717) is 37.4 Å². The number of aromatic amines is 1. The Morgan fingerprint density at radius 2 is 1.89 bits per heavy atom. The van der Waals surface area contributed by atoms with E-state index < -0.39 is 0 Å². The number of aliphatic hydroxyl groups excluding tert-OH is 1. The van der Waals surface area contributed by atoms with Gasteiger partial charge in [-0.3, -0.25) is 9.69 Å². The minimum Gasteiger partial charge on any atom is -0.396 e. The van der Waals surface area contributed by atoms with E-state index in [1.165, 1.54) is 12.1 Å². The lowest BCUT2D eigenvalue weighted by Crippen LogP contribution is -2.36. The Kier molecular flexibility index (Phi) is 7.91. The summed E-state index contributed by atoms with van der Waals surface area (Å²) in [6.07, 6.45) is 0.548.